The first-order valence-corrected chi connectivity index (χ1v) is 5.33. The Morgan fingerprint density at radius 1 is 1.25 bits per heavy atom. The summed E-state index contributed by atoms with van der Waals surface area (Å²) in [5.74, 6) is 0.605. The number of hydrogen-bond acceptors (Lipinski definition) is 1. The van der Waals surface area contributed by atoms with Crippen LogP contribution < -0.4 is 0 Å². The summed E-state index contributed by atoms with van der Waals surface area (Å²) in [6, 6.07) is 0. The maximum absolute atomic E-state index is 6.17. The van der Waals surface area contributed by atoms with Gasteiger partial charge in [0.1, 0.15) is 0 Å². The molecule has 1 nitrogen and oxygen atoms in total. The van der Waals surface area contributed by atoms with E-state index < -0.39 is 0 Å². The van der Waals surface area contributed by atoms with E-state index in [1.807, 2.05) is 14.1 Å². The second-order valence-corrected chi connectivity index (χ2v) is 4.26. The van der Waals surface area contributed by atoms with Gasteiger partial charge in [0.05, 0.1) is 5.50 Å². The quantitative estimate of drug-likeness (QED) is 0.354. The lowest BCUT2D eigenvalue weighted by Gasteiger charge is -2.24. The molecule has 12 heavy (non-hydrogen) atoms. The molecule has 74 valence electrons. The molecule has 0 saturated heterocycles. The first-order chi connectivity index (χ1) is 5.59. The largest absolute Gasteiger partial charge is 0.293 e. The summed E-state index contributed by atoms with van der Waals surface area (Å²) in [7, 11) is 4.07. The highest BCUT2D eigenvalue weighted by atomic mass is 35.5. The maximum atomic E-state index is 6.17. The summed E-state index contributed by atoms with van der Waals surface area (Å²) in [6.45, 7) is 4.46. The van der Waals surface area contributed by atoms with Gasteiger partial charge in [-0.2, -0.15) is 0 Å². The van der Waals surface area contributed by atoms with Gasteiger partial charge in [0.15, 0.2) is 0 Å². The van der Waals surface area contributed by atoms with Crippen LogP contribution in [-0.2, 0) is 0 Å². The monoisotopic (exact) mass is 191 g/mol. The molecule has 0 fully saturated rings. The van der Waals surface area contributed by atoms with Crippen LogP contribution in [0.2, 0.25) is 0 Å². The minimum atomic E-state index is 0.196. The standard InChI is InChI=1S/C10H22ClN/c1-5-6-7-8-9(2)10(11)12(3)4/h9-10H,5-8H2,1-4H3. The Balaban J connectivity index is 3.49. The molecule has 0 aliphatic rings. The maximum Gasteiger partial charge on any atom is 0.0871 e. The van der Waals surface area contributed by atoms with E-state index >= 15 is 0 Å². The molecule has 0 bridgehead atoms. The van der Waals surface area contributed by atoms with Gasteiger partial charge >= 0.3 is 0 Å². The van der Waals surface area contributed by atoms with Crippen molar-refractivity contribution in [2.75, 3.05) is 14.1 Å². The Labute approximate surface area is 82.1 Å². The van der Waals surface area contributed by atoms with Crippen LogP contribution in [0.4, 0.5) is 0 Å². The second-order valence-electron chi connectivity index (χ2n) is 3.81. The molecule has 2 atom stereocenters. The average molecular weight is 192 g/mol. The van der Waals surface area contributed by atoms with Crippen molar-refractivity contribution in [1.29, 1.82) is 0 Å². The molecule has 0 amide bonds. The van der Waals surface area contributed by atoms with E-state index in [1.165, 1.54) is 25.7 Å². The summed E-state index contributed by atoms with van der Waals surface area (Å²) in [5.41, 5.74) is 0.196. The fourth-order valence-corrected chi connectivity index (χ4v) is 1.49. The molecule has 0 aromatic carbocycles. The Morgan fingerprint density at radius 2 is 1.83 bits per heavy atom. The van der Waals surface area contributed by atoms with Crippen LogP contribution in [0.25, 0.3) is 0 Å². The van der Waals surface area contributed by atoms with Crippen molar-refractivity contribution in [3.8, 4) is 0 Å². The molecule has 2 unspecified atom stereocenters. The summed E-state index contributed by atoms with van der Waals surface area (Å²) in [5, 5.41) is 0. The number of unbranched alkanes of at least 4 members (excludes halogenated alkanes) is 2. The van der Waals surface area contributed by atoms with Crippen LogP contribution in [-0.4, -0.2) is 24.5 Å². The van der Waals surface area contributed by atoms with E-state index in [4.69, 9.17) is 11.6 Å². The highest BCUT2D eigenvalue weighted by Crippen LogP contribution is 2.19. The number of hydrogen-bond donors (Lipinski definition) is 0. The fraction of sp³-hybridized carbons (Fsp3) is 1.00. The topological polar surface area (TPSA) is 3.24 Å². The van der Waals surface area contributed by atoms with Crippen LogP contribution in [0.15, 0.2) is 0 Å². The van der Waals surface area contributed by atoms with Gasteiger partial charge in [0, 0.05) is 0 Å². The van der Waals surface area contributed by atoms with Crippen molar-refractivity contribution in [2.45, 2.75) is 45.0 Å². The first-order valence-electron chi connectivity index (χ1n) is 4.90. The van der Waals surface area contributed by atoms with Gasteiger partial charge in [-0.3, -0.25) is 4.90 Å². The molecule has 0 saturated carbocycles. The lowest BCUT2D eigenvalue weighted by molar-refractivity contribution is 0.284. The SMILES string of the molecule is CCCCCC(C)C(Cl)N(C)C. The molecule has 0 aliphatic carbocycles. The number of halogens is 1. The highest BCUT2D eigenvalue weighted by molar-refractivity contribution is 6.20. The van der Waals surface area contributed by atoms with E-state index in [2.05, 4.69) is 18.7 Å². The van der Waals surface area contributed by atoms with Gasteiger partial charge in [-0.1, -0.05) is 33.1 Å². The molecule has 0 spiro atoms. The molecule has 0 aromatic heterocycles. The van der Waals surface area contributed by atoms with Crippen molar-refractivity contribution in [2.24, 2.45) is 5.92 Å². The van der Waals surface area contributed by atoms with Gasteiger partial charge in [-0.25, -0.2) is 0 Å². The van der Waals surface area contributed by atoms with Crippen LogP contribution in [0, 0.1) is 5.92 Å². The summed E-state index contributed by atoms with van der Waals surface area (Å²) in [4.78, 5) is 2.08. The third-order valence-corrected chi connectivity index (χ3v) is 3.05. The van der Waals surface area contributed by atoms with Crippen LogP contribution >= 0.6 is 11.6 Å². The van der Waals surface area contributed by atoms with Crippen LogP contribution in [0.1, 0.15) is 39.5 Å². The predicted octanol–water partition coefficient (Wildman–Crippen LogP) is 3.33. The number of rotatable bonds is 6. The van der Waals surface area contributed by atoms with E-state index in [9.17, 15) is 0 Å². The minimum Gasteiger partial charge on any atom is -0.293 e. The average Bonchev–Trinajstić information content (AvgIpc) is 2.03. The van der Waals surface area contributed by atoms with Crippen molar-refractivity contribution < 1.29 is 0 Å². The third kappa shape index (κ3) is 5.00. The lowest BCUT2D eigenvalue weighted by Crippen LogP contribution is -2.28. The van der Waals surface area contributed by atoms with Crippen molar-refractivity contribution >= 4 is 11.6 Å². The number of alkyl halides is 1. The Bertz CT molecular complexity index is 104. The lowest BCUT2D eigenvalue weighted by atomic mass is 10.0. The zero-order chi connectivity index (χ0) is 9.56. The molecule has 2 heteroatoms. The summed E-state index contributed by atoms with van der Waals surface area (Å²) >= 11 is 6.17. The smallest absolute Gasteiger partial charge is 0.0871 e. The first kappa shape index (κ1) is 12.2. The molecular weight excluding hydrogens is 170 g/mol. The normalized spacial score (nSPS) is 16.5. The Morgan fingerprint density at radius 3 is 2.25 bits per heavy atom. The molecule has 0 aromatic rings. The molecule has 0 N–H and O–H groups in total. The zero-order valence-electron chi connectivity index (χ0n) is 8.81. The van der Waals surface area contributed by atoms with E-state index in [0.717, 1.165) is 0 Å². The Kier molecular flexibility index (Phi) is 6.87. The van der Waals surface area contributed by atoms with E-state index in [0.29, 0.717) is 5.92 Å². The van der Waals surface area contributed by atoms with E-state index in [-0.39, 0.29) is 5.50 Å². The van der Waals surface area contributed by atoms with Gasteiger partial charge in [-0.15, -0.1) is 11.6 Å². The minimum absolute atomic E-state index is 0.196. The molecular formula is C10H22ClN. The predicted molar refractivity (Wildman–Crippen MR) is 56.6 cm³/mol. The van der Waals surface area contributed by atoms with Gasteiger partial charge < -0.3 is 0 Å². The van der Waals surface area contributed by atoms with Gasteiger partial charge in [0.25, 0.3) is 0 Å². The zero-order valence-corrected chi connectivity index (χ0v) is 9.56. The van der Waals surface area contributed by atoms with Crippen molar-refractivity contribution in [1.82, 2.24) is 4.90 Å². The number of nitrogens with zero attached hydrogens (tertiary/aromatic N) is 1. The summed E-state index contributed by atoms with van der Waals surface area (Å²) < 4.78 is 0. The fourth-order valence-electron chi connectivity index (χ4n) is 1.36. The molecule has 0 heterocycles. The third-order valence-electron chi connectivity index (χ3n) is 2.23. The van der Waals surface area contributed by atoms with Gasteiger partial charge in [-0.05, 0) is 26.4 Å². The van der Waals surface area contributed by atoms with Gasteiger partial charge in [0.2, 0.25) is 0 Å². The highest BCUT2D eigenvalue weighted by Gasteiger charge is 2.15. The molecule has 0 rings (SSSR count). The van der Waals surface area contributed by atoms with Crippen LogP contribution in [0.5, 0.6) is 0 Å². The molecule has 0 aliphatic heterocycles. The second kappa shape index (κ2) is 6.73. The van der Waals surface area contributed by atoms with Crippen molar-refractivity contribution in [3.63, 3.8) is 0 Å². The summed E-state index contributed by atoms with van der Waals surface area (Å²) in [6.07, 6.45) is 5.19. The van der Waals surface area contributed by atoms with Crippen LogP contribution in [0.3, 0.4) is 0 Å². The molecule has 0 radical (unpaired) electrons. The van der Waals surface area contributed by atoms with E-state index in [1.54, 1.807) is 0 Å². The van der Waals surface area contributed by atoms with Crippen molar-refractivity contribution in [3.05, 3.63) is 0 Å². The Hall–Kier alpha value is 0.250.